The van der Waals surface area contributed by atoms with Gasteiger partial charge in [-0.1, -0.05) is 0 Å². The first-order valence-corrected chi connectivity index (χ1v) is 9.91. The van der Waals surface area contributed by atoms with Crippen LogP contribution in [-0.4, -0.2) is 107 Å². The Balaban J connectivity index is 0.00000225. The summed E-state index contributed by atoms with van der Waals surface area (Å²) in [5, 5.41) is 20.3. The smallest absolute Gasteiger partial charge is 0.298 e. The van der Waals surface area contributed by atoms with Crippen LogP contribution in [0.5, 0.6) is 11.5 Å². The maximum Gasteiger partial charge on any atom is 0.298 e. The maximum absolute atomic E-state index is 12.8. The average Bonchev–Trinajstić information content (AvgIpc) is 2.53. The van der Waals surface area contributed by atoms with Crippen LogP contribution in [0.15, 0.2) is 21.9 Å². The summed E-state index contributed by atoms with van der Waals surface area (Å²) in [5.41, 5.74) is 6.69. The second kappa shape index (κ2) is 8.38. The van der Waals surface area contributed by atoms with Gasteiger partial charge in [0.1, 0.15) is 21.3 Å². The van der Waals surface area contributed by atoms with Gasteiger partial charge in [0, 0.05) is 70.5 Å². The summed E-state index contributed by atoms with van der Waals surface area (Å²) < 4.78 is 63.9. The van der Waals surface area contributed by atoms with Crippen molar-refractivity contribution in [1.82, 2.24) is 0 Å². The molecule has 0 saturated heterocycles. The Morgan fingerprint density at radius 3 is 1.17 bits per heavy atom. The summed E-state index contributed by atoms with van der Waals surface area (Å²) >= 11 is 0. The number of nitrogen functional groups attached to an aromatic ring is 2. The number of hydrogen-bond donors (Lipinski definition) is 6. The third-order valence-electron chi connectivity index (χ3n) is 4.05. The van der Waals surface area contributed by atoms with E-state index in [1.165, 1.54) is 0 Å². The normalized spacial score (nSPS) is 13.0. The number of ketones is 2. The molecule has 0 atom stereocenters. The van der Waals surface area contributed by atoms with Crippen molar-refractivity contribution in [3.8, 4) is 11.5 Å². The SMILES string of the molecule is Nc1cc(S(=O)(=O)O)c(O)c2c1C(=O)c1c(N)cc(S(=O)(=O)O)c(O)c1C2=O.[Na].[Na]. The van der Waals surface area contributed by atoms with E-state index in [1.807, 2.05) is 0 Å². The third-order valence-corrected chi connectivity index (χ3v) is 5.79. The average molecular weight is 476 g/mol. The molecule has 1 aliphatic carbocycles. The fraction of sp³-hybridized carbons (Fsp3) is 0. The summed E-state index contributed by atoms with van der Waals surface area (Å²) in [6.07, 6.45) is 0. The molecule has 0 spiro atoms. The van der Waals surface area contributed by atoms with E-state index in [4.69, 9.17) is 11.5 Å². The Morgan fingerprint density at radius 1 is 0.633 bits per heavy atom. The molecule has 3 rings (SSSR count). The molecule has 150 valence electrons. The van der Waals surface area contributed by atoms with Crippen LogP contribution in [-0.2, 0) is 20.2 Å². The molecular formula is C14H10N2Na2O10S2. The molecule has 0 aliphatic heterocycles. The summed E-state index contributed by atoms with van der Waals surface area (Å²) in [5.74, 6) is -5.22. The number of carbonyl (C=O) groups is 2. The van der Waals surface area contributed by atoms with Gasteiger partial charge in [-0.2, -0.15) is 16.8 Å². The van der Waals surface area contributed by atoms with Crippen molar-refractivity contribution >= 4 is 102 Å². The van der Waals surface area contributed by atoms with Gasteiger partial charge in [-0.25, -0.2) is 0 Å². The minimum Gasteiger partial charge on any atom is -0.506 e. The molecule has 16 heteroatoms. The van der Waals surface area contributed by atoms with Gasteiger partial charge in [0.15, 0.2) is 5.78 Å². The number of rotatable bonds is 2. The fourth-order valence-electron chi connectivity index (χ4n) is 2.91. The van der Waals surface area contributed by atoms with Crippen molar-refractivity contribution in [2.24, 2.45) is 0 Å². The summed E-state index contributed by atoms with van der Waals surface area (Å²) in [7, 11) is -10.1. The van der Waals surface area contributed by atoms with E-state index >= 15 is 0 Å². The number of nitrogens with two attached hydrogens (primary N) is 2. The Kier molecular flexibility index (Phi) is 7.50. The Bertz CT molecular complexity index is 1240. The van der Waals surface area contributed by atoms with Gasteiger partial charge >= 0.3 is 0 Å². The van der Waals surface area contributed by atoms with E-state index in [1.54, 1.807) is 0 Å². The van der Waals surface area contributed by atoms with Crippen molar-refractivity contribution in [1.29, 1.82) is 0 Å². The molecule has 0 heterocycles. The van der Waals surface area contributed by atoms with E-state index in [9.17, 15) is 45.7 Å². The summed E-state index contributed by atoms with van der Waals surface area (Å²) in [4.78, 5) is 23.2. The topological polar surface area (TPSA) is 235 Å². The van der Waals surface area contributed by atoms with E-state index in [2.05, 4.69) is 0 Å². The van der Waals surface area contributed by atoms with Crippen LogP contribution in [0, 0.1) is 0 Å². The molecule has 0 bridgehead atoms. The van der Waals surface area contributed by atoms with Crippen LogP contribution in [0.25, 0.3) is 0 Å². The third kappa shape index (κ3) is 4.00. The van der Waals surface area contributed by atoms with Crippen molar-refractivity contribution < 1.29 is 45.7 Å². The van der Waals surface area contributed by atoms with Crippen molar-refractivity contribution in [3.05, 3.63) is 34.4 Å². The minimum absolute atomic E-state index is 0. The quantitative estimate of drug-likeness (QED) is 0.110. The summed E-state index contributed by atoms with van der Waals surface area (Å²) in [6, 6.07) is 1.09. The molecule has 2 aromatic carbocycles. The van der Waals surface area contributed by atoms with Gasteiger partial charge in [0.05, 0.1) is 22.3 Å². The molecule has 30 heavy (non-hydrogen) atoms. The molecule has 2 radical (unpaired) electrons. The molecule has 12 nitrogen and oxygen atoms in total. The molecule has 0 unspecified atom stereocenters. The van der Waals surface area contributed by atoms with E-state index in [-0.39, 0.29) is 59.1 Å². The zero-order chi connectivity index (χ0) is 21.3. The Morgan fingerprint density at radius 2 is 0.900 bits per heavy atom. The summed E-state index contributed by atoms with van der Waals surface area (Å²) in [6.45, 7) is 0. The van der Waals surface area contributed by atoms with E-state index in [0.717, 1.165) is 0 Å². The Labute approximate surface area is 213 Å². The first-order chi connectivity index (χ1) is 12.7. The van der Waals surface area contributed by atoms with Gasteiger partial charge in [-0.15, -0.1) is 0 Å². The van der Waals surface area contributed by atoms with Crippen LogP contribution in [0.1, 0.15) is 31.8 Å². The van der Waals surface area contributed by atoms with Gasteiger partial charge in [-0.05, 0) is 12.1 Å². The predicted octanol–water partition coefficient (Wildman–Crippen LogP) is -1.23. The van der Waals surface area contributed by atoms with E-state index in [0.29, 0.717) is 12.1 Å². The molecule has 0 amide bonds. The minimum atomic E-state index is -5.07. The maximum atomic E-state index is 12.8. The first kappa shape index (κ1) is 26.8. The number of anilines is 2. The number of phenols is 2. The molecule has 0 saturated carbocycles. The van der Waals surface area contributed by atoms with Gasteiger partial charge in [0.25, 0.3) is 20.2 Å². The monoisotopic (exact) mass is 476 g/mol. The van der Waals surface area contributed by atoms with Crippen LogP contribution in [0.3, 0.4) is 0 Å². The molecule has 0 aromatic heterocycles. The van der Waals surface area contributed by atoms with Crippen LogP contribution in [0.4, 0.5) is 11.4 Å². The molecule has 8 N–H and O–H groups in total. The van der Waals surface area contributed by atoms with Gasteiger partial charge < -0.3 is 21.7 Å². The van der Waals surface area contributed by atoms with Crippen molar-refractivity contribution in [3.63, 3.8) is 0 Å². The van der Waals surface area contributed by atoms with Gasteiger partial charge in [0.2, 0.25) is 5.78 Å². The van der Waals surface area contributed by atoms with E-state index < -0.39 is 86.7 Å². The standard InChI is InChI=1S/C14H10N2O10S2.2Na/c15-3-1-5(27(21,22)23)11(17)9-7(3)13(19)8-4(16)2-6(28(24,25)26)12(18)10(8)14(9)20;;/h1-2,17-18H,15-16H2,(H,21,22,23)(H,24,25,26);;. The predicted molar refractivity (Wildman–Crippen MR) is 103 cm³/mol. The van der Waals surface area contributed by atoms with Crippen molar-refractivity contribution in [2.75, 3.05) is 11.5 Å². The second-order valence-electron chi connectivity index (χ2n) is 5.73. The van der Waals surface area contributed by atoms with Gasteiger partial charge in [-0.3, -0.25) is 18.7 Å². The number of aromatic hydroxyl groups is 2. The number of hydrogen-bond acceptors (Lipinski definition) is 10. The first-order valence-electron chi connectivity index (χ1n) is 7.03. The number of fused-ring (bicyclic) bond motifs is 2. The molecule has 1 aliphatic rings. The Hall–Kier alpha value is -1.20. The van der Waals surface area contributed by atoms with Crippen molar-refractivity contribution in [2.45, 2.75) is 9.79 Å². The van der Waals surface area contributed by atoms with Crippen LogP contribution in [0.2, 0.25) is 0 Å². The number of phenolic OH excluding ortho intramolecular Hbond substituents is 2. The molecule has 2 aromatic rings. The zero-order valence-corrected chi connectivity index (χ0v) is 21.0. The molecule has 0 fully saturated rings. The fourth-order valence-corrected chi connectivity index (χ4v) is 4.15. The zero-order valence-electron chi connectivity index (χ0n) is 15.4. The second-order valence-corrected chi connectivity index (χ2v) is 8.51. The molecular weight excluding hydrogens is 466 g/mol. The van der Waals surface area contributed by atoms with Crippen LogP contribution < -0.4 is 11.5 Å². The van der Waals surface area contributed by atoms with Crippen LogP contribution >= 0.6 is 0 Å². The number of benzene rings is 2. The number of carbonyl (C=O) groups excluding carboxylic acids is 2. The largest absolute Gasteiger partial charge is 0.506 e.